The van der Waals surface area contributed by atoms with Gasteiger partial charge in [0.05, 0.1) is 11.7 Å². The minimum absolute atomic E-state index is 0.167. The summed E-state index contributed by atoms with van der Waals surface area (Å²) >= 11 is 1.21. The third-order valence-electron chi connectivity index (χ3n) is 2.92. The molecule has 0 aliphatic carbocycles. The van der Waals surface area contributed by atoms with Crippen LogP contribution in [0.25, 0.3) is 11.1 Å². The van der Waals surface area contributed by atoms with Crippen molar-refractivity contribution in [1.82, 2.24) is 10.3 Å². The predicted molar refractivity (Wildman–Crippen MR) is 79.2 cm³/mol. The van der Waals surface area contributed by atoms with Crippen LogP contribution in [0.15, 0.2) is 33.9 Å². The fourth-order valence-corrected chi connectivity index (χ4v) is 2.31. The average Bonchev–Trinajstić information content (AvgIpc) is 2.87. The van der Waals surface area contributed by atoms with Crippen LogP contribution in [0, 0.1) is 5.92 Å². The molecule has 0 saturated carbocycles. The first-order chi connectivity index (χ1) is 10.1. The number of carbonyl (C=O) groups is 2. The number of thioether (sulfide) groups is 1. The van der Waals surface area contributed by atoms with Crippen molar-refractivity contribution in [2.45, 2.75) is 18.6 Å². The minimum Gasteiger partial charge on any atom is -0.481 e. The van der Waals surface area contributed by atoms with Crippen LogP contribution in [0.1, 0.15) is 13.3 Å². The van der Waals surface area contributed by atoms with E-state index in [2.05, 4.69) is 10.3 Å². The molecule has 0 aliphatic rings. The molecule has 1 unspecified atom stereocenters. The number of hydrogen-bond donors (Lipinski definition) is 2. The fourth-order valence-electron chi connectivity index (χ4n) is 1.64. The van der Waals surface area contributed by atoms with Crippen molar-refractivity contribution in [3.63, 3.8) is 0 Å². The van der Waals surface area contributed by atoms with E-state index < -0.39 is 11.9 Å². The molecular weight excluding hydrogens is 292 g/mol. The minimum atomic E-state index is -0.856. The molecule has 112 valence electrons. The number of para-hydroxylation sites is 2. The lowest BCUT2D eigenvalue weighted by molar-refractivity contribution is -0.141. The number of amides is 1. The Bertz CT molecular complexity index is 608. The van der Waals surface area contributed by atoms with Gasteiger partial charge in [-0.3, -0.25) is 9.59 Å². The molecule has 7 heteroatoms. The summed E-state index contributed by atoms with van der Waals surface area (Å²) in [6.07, 6.45) is 0.411. The molecule has 0 radical (unpaired) electrons. The highest BCUT2D eigenvalue weighted by molar-refractivity contribution is 7.99. The van der Waals surface area contributed by atoms with Crippen molar-refractivity contribution < 1.29 is 19.1 Å². The van der Waals surface area contributed by atoms with Gasteiger partial charge in [0.2, 0.25) is 5.91 Å². The molecule has 2 rings (SSSR count). The highest BCUT2D eigenvalue weighted by Crippen LogP contribution is 2.22. The largest absolute Gasteiger partial charge is 0.481 e. The van der Waals surface area contributed by atoms with Crippen molar-refractivity contribution in [2.75, 3.05) is 12.3 Å². The van der Waals surface area contributed by atoms with Crippen LogP contribution in [0.2, 0.25) is 0 Å². The maximum atomic E-state index is 11.6. The van der Waals surface area contributed by atoms with Crippen LogP contribution >= 0.6 is 11.8 Å². The topological polar surface area (TPSA) is 92.4 Å². The zero-order valence-corrected chi connectivity index (χ0v) is 12.4. The van der Waals surface area contributed by atoms with Gasteiger partial charge in [0.25, 0.3) is 5.22 Å². The summed E-state index contributed by atoms with van der Waals surface area (Å²) in [5.74, 6) is -1.30. The summed E-state index contributed by atoms with van der Waals surface area (Å²) < 4.78 is 5.49. The summed E-state index contributed by atoms with van der Waals surface area (Å²) in [7, 11) is 0. The molecule has 1 amide bonds. The number of hydrogen-bond acceptors (Lipinski definition) is 5. The number of aromatic nitrogens is 1. The third-order valence-corrected chi connectivity index (χ3v) is 3.75. The molecule has 0 aliphatic heterocycles. The van der Waals surface area contributed by atoms with Crippen LogP contribution in [-0.2, 0) is 9.59 Å². The van der Waals surface area contributed by atoms with Crippen LogP contribution < -0.4 is 5.32 Å². The van der Waals surface area contributed by atoms with Crippen LogP contribution in [0.3, 0.4) is 0 Å². The van der Waals surface area contributed by atoms with E-state index in [0.29, 0.717) is 23.8 Å². The monoisotopic (exact) mass is 308 g/mol. The Morgan fingerprint density at radius 3 is 2.90 bits per heavy atom. The van der Waals surface area contributed by atoms with E-state index in [1.165, 1.54) is 11.8 Å². The fraction of sp³-hybridized carbons (Fsp3) is 0.357. The lowest BCUT2D eigenvalue weighted by Gasteiger charge is -2.06. The average molecular weight is 308 g/mol. The standard InChI is InChI=1S/C14H16N2O4S/c1-9(13(18)19)6-7-15-12(17)8-21-14-16-10-4-2-3-5-11(10)20-14/h2-5,9H,6-8H2,1H3,(H,15,17)(H,18,19). The first-order valence-corrected chi connectivity index (χ1v) is 7.52. The smallest absolute Gasteiger partial charge is 0.306 e. The van der Waals surface area contributed by atoms with Gasteiger partial charge in [-0.1, -0.05) is 30.8 Å². The Balaban J connectivity index is 1.75. The summed E-state index contributed by atoms with van der Waals surface area (Å²) in [5.41, 5.74) is 1.45. The summed E-state index contributed by atoms with van der Waals surface area (Å²) in [5, 5.41) is 11.9. The highest BCUT2D eigenvalue weighted by atomic mass is 32.2. The van der Waals surface area contributed by atoms with Gasteiger partial charge in [0, 0.05) is 6.54 Å². The second-order valence-corrected chi connectivity index (χ2v) is 5.54. The van der Waals surface area contributed by atoms with E-state index in [1.807, 2.05) is 24.3 Å². The van der Waals surface area contributed by atoms with Crippen LogP contribution in [-0.4, -0.2) is 34.3 Å². The third kappa shape index (κ3) is 4.49. The Morgan fingerprint density at radius 1 is 1.43 bits per heavy atom. The molecule has 1 atom stereocenters. The lowest BCUT2D eigenvalue weighted by Crippen LogP contribution is -2.28. The van der Waals surface area contributed by atoms with Gasteiger partial charge in [-0.25, -0.2) is 4.98 Å². The zero-order chi connectivity index (χ0) is 15.2. The number of nitrogens with one attached hydrogen (secondary N) is 1. The number of fused-ring (bicyclic) bond motifs is 1. The Hall–Kier alpha value is -2.02. The molecule has 21 heavy (non-hydrogen) atoms. The van der Waals surface area contributed by atoms with Crippen molar-refractivity contribution >= 4 is 34.7 Å². The Morgan fingerprint density at radius 2 is 2.19 bits per heavy atom. The van der Waals surface area contributed by atoms with Crippen molar-refractivity contribution in [1.29, 1.82) is 0 Å². The van der Waals surface area contributed by atoms with Gasteiger partial charge < -0.3 is 14.8 Å². The predicted octanol–water partition coefficient (Wildman–Crippen LogP) is 2.15. The van der Waals surface area contributed by atoms with Gasteiger partial charge in [-0.2, -0.15) is 0 Å². The van der Waals surface area contributed by atoms with E-state index in [4.69, 9.17) is 9.52 Å². The molecule has 1 aromatic heterocycles. The number of rotatable bonds is 7. The Kier molecular flexibility index (Phi) is 5.21. The normalized spacial score (nSPS) is 12.2. The number of carboxylic acid groups (broad SMARTS) is 1. The molecule has 6 nitrogen and oxygen atoms in total. The molecule has 0 bridgehead atoms. The maximum Gasteiger partial charge on any atom is 0.306 e. The first kappa shape index (κ1) is 15.4. The second kappa shape index (κ2) is 7.12. The summed E-state index contributed by atoms with van der Waals surface area (Å²) in [4.78, 5) is 26.5. The van der Waals surface area contributed by atoms with Gasteiger partial charge in [-0.05, 0) is 18.6 Å². The van der Waals surface area contributed by atoms with Crippen molar-refractivity contribution in [3.05, 3.63) is 24.3 Å². The van der Waals surface area contributed by atoms with E-state index in [0.717, 1.165) is 5.52 Å². The second-order valence-electron chi connectivity index (χ2n) is 4.61. The molecule has 1 heterocycles. The number of aliphatic carboxylic acids is 1. The maximum absolute atomic E-state index is 11.6. The van der Waals surface area contributed by atoms with Gasteiger partial charge in [0.1, 0.15) is 5.52 Å². The first-order valence-electron chi connectivity index (χ1n) is 6.54. The molecule has 0 saturated heterocycles. The molecule has 0 fully saturated rings. The number of nitrogens with zero attached hydrogens (tertiary/aromatic N) is 1. The molecule has 1 aromatic carbocycles. The van der Waals surface area contributed by atoms with Gasteiger partial charge in [-0.15, -0.1) is 0 Å². The van der Waals surface area contributed by atoms with E-state index in [1.54, 1.807) is 6.92 Å². The van der Waals surface area contributed by atoms with E-state index >= 15 is 0 Å². The van der Waals surface area contributed by atoms with Crippen LogP contribution in [0.4, 0.5) is 0 Å². The van der Waals surface area contributed by atoms with Crippen LogP contribution in [0.5, 0.6) is 0 Å². The molecule has 2 N–H and O–H groups in total. The Labute approximate surface area is 125 Å². The quantitative estimate of drug-likeness (QED) is 0.761. The zero-order valence-electron chi connectivity index (χ0n) is 11.5. The summed E-state index contributed by atoms with van der Waals surface area (Å²) in [6.45, 7) is 1.96. The lowest BCUT2D eigenvalue weighted by atomic mass is 10.1. The van der Waals surface area contributed by atoms with E-state index in [9.17, 15) is 9.59 Å². The summed E-state index contributed by atoms with van der Waals surface area (Å²) in [6, 6.07) is 7.39. The van der Waals surface area contributed by atoms with E-state index in [-0.39, 0.29) is 11.7 Å². The van der Waals surface area contributed by atoms with Crippen molar-refractivity contribution in [3.8, 4) is 0 Å². The van der Waals surface area contributed by atoms with Gasteiger partial charge in [0.15, 0.2) is 5.58 Å². The SMILES string of the molecule is CC(CCNC(=O)CSc1nc2ccccc2o1)C(=O)O. The highest BCUT2D eigenvalue weighted by Gasteiger charge is 2.12. The molecular formula is C14H16N2O4S. The number of oxazole rings is 1. The molecule has 0 spiro atoms. The van der Waals surface area contributed by atoms with Crippen molar-refractivity contribution in [2.24, 2.45) is 5.92 Å². The number of carboxylic acids is 1. The van der Waals surface area contributed by atoms with Gasteiger partial charge >= 0.3 is 5.97 Å². The number of benzene rings is 1. The molecule has 2 aromatic rings. The number of carbonyl (C=O) groups excluding carboxylic acids is 1.